The lowest BCUT2D eigenvalue weighted by Gasteiger charge is -2.35. The van der Waals surface area contributed by atoms with Crippen molar-refractivity contribution in [2.24, 2.45) is 0 Å². The summed E-state index contributed by atoms with van der Waals surface area (Å²) < 4.78 is 78.8. The molecule has 1 aromatic rings. The smallest absolute Gasteiger partial charge is 0.369 e. The Morgan fingerprint density at radius 3 is 2.04 bits per heavy atom. The van der Waals surface area contributed by atoms with Gasteiger partial charge in [0.1, 0.15) is 0 Å². The lowest BCUT2D eigenvalue weighted by molar-refractivity contribution is -0.342. The van der Waals surface area contributed by atoms with E-state index < -0.39 is 29.1 Å². The first-order chi connectivity index (χ1) is 10.5. The van der Waals surface area contributed by atoms with E-state index in [2.05, 4.69) is 15.9 Å². The fourth-order valence-electron chi connectivity index (χ4n) is 1.85. The molecule has 0 aliphatic heterocycles. The molecule has 0 spiro atoms. The number of rotatable bonds is 4. The van der Waals surface area contributed by atoms with E-state index in [4.69, 9.17) is 0 Å². The molecule has 0 bridgehead atoms. The molecule has 0 unspecified atom stereocenters. The third kappa shape index (κ3) is 3.98. The Morgan fingerprint density at radius 2 is 1.61 bits per heavy atom. The summed E-state index contributed by atoms with van der Waals surface area (Å²) in [5.74, 6) is 0. The average Bonchev–Trinajstić information content (AvgIpc) is 2.41. The molecule has 0 heterocycles. The van der Waals surface area contributed by atoms with Gasteiger partial charge in [0.15, 0.2) is 0 Å². The number of halogens is 7. The van der Waals surface area contributed by atoms with Gasteiger partial charge < -0.3 is 5.11 Å². The number of aliphatic hydroxyl groups is 1. The molecule has 23 heavy (non-hydrogen) atoms. The zero-order chi connectivity index (χ0) is 17.9. The molecule has 0 radical (unpaired) electrons. The van der Waals surface area contributed by atoms with Gasteiger partial charge in [-0.15, -0.1) is 0 Å². The molecule has 0 saturated carbocycles. The first-order valence-corrected chi connectivity index (χ1v) is 7.24. The summed E-state index contributed by atoms with van der Waals surface area (Å²) in [5, 5.41) is 9.65. The van der Waals surface area contributed by atoms with Crippen LogP contribution in [0.15, 0.2) is 47.0 Å². The average molecular weight is 403 g/mol. The third-order valence-electron chi connectivity index (χ3n) is 3.01. The zero-order valence-electron chi connectivity index (χ0n) is 11.8. The van der Waals surface area contributed by atoms with Crippen LogP contribution in [0.4, 0.5) is 26.3 Å². The van der Waals surface area contributed by atoms with Crippen LogP contribution in [0.5, 0.6) is 0 Å². The van der Waals surface area contributed by atoms with Crippen molar-refractivity contribution >= 4 is 21.5 Å². The van der Waals surface area contributed by atoms with Gasteiger partial charge in [0.25, 0.3) is 5.60 Å². The molecule has 1 N–H and O–H groups in total. The van der Waals surface area contributed by atoms with E-state index in [-0.39, 0.29) is 4.47 Å². The van der Waals surface area contributed by atoms with Crippen LogP contribution in [0.25, 0.3) is 5.57 Å². The predicted octanol–water partition coefficient (Wildman–Crippen LogP) is 5.65. The number of benzene rings is 1. The first kappa shape index (κ1) is 19.8. The van der Waals surface area contributed by atoms with E-state index in [1.165, 1.54) is 24.3 Å². The van der Waals surface area contributed by atoms with Gasteiger partial charge in [-0.2, -0.15) is 26.3 Å². The minimum absolute atomic E-state index is 0.00285. The quantitative estimate of drug-likeness (QED) is 0.509. The van der Waals surface area contributed by atoms with Gasteiger partial charge in [-0.05, 0) is 18.1 Å². The number of hydrogen-bond donors (Lipinski definition) is 1. The Kier molecular flexibility index (Phi) is 6.09. The Morgan fingerprint density at radius 1 is 1.09 bits per heavy atom. The number of allylic oxidation sites excluding steroid dienone is 3. The first-order valence-electron chi connectivity index (χ1n) is 6.44. The summed E-state index contributed by atoms with van der Waals surface area (Å²) >= 11 is 2.92. The van der Waals surface area contributed by atoms with Gasteiger partial charge in [-0.3, -0.25) is 0 Å². The highest BCUT2D eigenvalue weighted by Gasteiger charge is 2.72. The van der Waals surface area contributed by atoms with Crippen LogP contribution in [0.2, 0.25) is 0 Å². The molecule has 0 amide bonds. The van der Waals surface area contributed by atoms with Crippen LogP contribution >= 0.6 is 15.9 Å². The van der Waals surface area contributed by atoms with Crippen LogP contribution in [0, 0.1) is 0 Å². The minimum atomic E-state index is -5.94. The summed E-state index contributed by atoms with van der Waals surface area (Å²) in [6, 6.07) is 5.08. The summed E-state index contributed by atoms with van der Waals surface area (Å²) in [6.45, 7) is 1.67. The maximum absolute atomic E-state index is 13.1. The van der Waals surface area contributed by atoms with E-state index in [9.17, 15) is 31.4 Å². The minimum Gasteiger partial charge on any atom is -0.369 e. The SMILES string of the molecule is CCC=CC=C(c1ccccc1Br)C(O)(C(F)(F)F)C(F)(F)F. The lowest BCUT2D eigenvalue weighted by Crippen LogP contribution is -2.57. The fraction of sp³-hybridized carbons (Fsp3) is 0.333. The summed E-state index contributed by atoms with van der Waals surface area (Å²) in [4.78, 5) is 0. The second kappa shape index (κ2) is 7.09. The van der Waals surface area contributed by atoms with Crippen molar-refractivity contribution in [2.45, 2.75) is 31.3 Å². The molecule has 0 saturated heterocycles. The van der Waals surface area contributed by atoms with Crippen molar-refractivity contribution in [3.63, 3.8) is 0 Å². The van der Waals surface area contributed by atoms with E-state index in [1.54, 1.807) is 6.92 Å². The van der Waals surface area contributed by atoms with Crippen molar-refractivity contribution in [2.75, 3.05) is 0 Å². The number of alkyl halides is 6. The highest BCUT2D eigenvalue weighted by atomic mass is 79.9. The summed E-state index contributed by atoms with van der Waals surface area (Å²) in [5.41, 5.74) is -6.68. The van der Waals surface area contributed by atoms with Crippen molar-refractivity contribution in [1.82, 2.24) is 0 Å². The molecule has 0 aliphatic rings. The molecule has 0 fully saturated rings. The zero-order valence-corrected chi connectivity index (χ0v) is 13.4. The van der Waals surface area contributed by atoms with E-state index in [0.717, 1.165) is 12.1 Å². The molecule has 128 valence electrons. The van der Waals surface area contributed by atoms with E-state index in [1.807, 2.05) is 0 Å². The van der Waals surface area contributed by atoms with Gasteiger partial charge in [0, 0.05) is 10.0 Å². The van der Waals surface area contributed by atoms with Gasteiger partial charge in [0.05, 0.1) is 0 Å². The Labute approximate surface area is 137 Å². The second-order valence-electron chi connectivity index (χ2n) is 4.60. The molecule has 1 rings (SSSR count). The van der Waals surface area contributed by atoms with Crippen molar-refractivity contribution < 1.29 is 31.4 Å². The monoisotopic (exact) mass is 402 g/mol. The van der Waals surface area contributed by atoms with Crippen LogP contribution in [0.3, 0.4) is 0 Å². The largest absolute Gasteiger partial charge is 0.430 e. The van der Waals surface area contributed by atoms with E-state index in [0.29, 0.717) is 12.5 Å². The third-order valence-corrected chi connectivity index (χ3v) is 3.70. The maximum Gasteiger partial charge on any atom is 0.430 e. The molecule has 0 atom stereocenters. The fourth-order valence-corrected chi connectivity index (χ4v) is 2.35. The van der Waals surface area contributed by atoms with Crippen LogP contribution < -0.4 is 0 Å². The second-order valence-corrected chi connectivity index (χ2v) is 5.46. The normalized spacial score (nSPS) is 14.6. The van der Waals surface area contributed by atoms with Crippen LogP contribution in [0.1, 0.15) is 18.9 Å². The van der Waals surface area contributed by atoms with Gasteiger partial charge in [0.2, 0.25) is 0 Å². The predicted molar refractivity (Wildman–Crippen MR) is 78.6 cm³/mol. The molecular weight excluding hydrogens is 390 g/mol. The van der Waals surface area contributed by atoms with E-state index >= 15 is 0 Å². The molecule has 0 aromatic heterocycles. The standard InChI is InChI=1S/C15H13BrF6O/c1-2-3-4-8-11(10-7-5-6-9-12(10)16)13(23,14(17,18)19)15(20,21)22/h3-9,23H,2H2,1H3. The van der Waals surface area contributed by atoms with Crippen molar-refractivity contribution in [3.05, 3.63) is 52.5 Å². The highest BCUT2D eigenvalue weighted by molar-refractivity contribution is 9.10. The maximum atomic E-state index is 13.1. The summed E-state index contributed by atoms with van der Waals surface area (Å²) in [6.07, 6.45) is -8.40. The van der Waals surface area contributed by atoms with Gasteiger partial charge in [-0.1, -0.05) is 59.3 Å². The van der Waals surface area contributed by atoms with Gasteiger partial charge in [-0.25, -0.2) is 0 Å². The molecule has 0 aliphatic carbocycles. The lowest BCUT2D eigenvalue weighted by atomic mass is 9.86. The van der Waals surface area contributed by atoms with Crippen molar-refractivity contribution in [3.8, 4) is 0 Å². The van der Waals surface area contributed by atoms with Crippen LogP contribution in [-0.4, -0.2) is 23.1 Å². The molecule has 1 nitrogen and oxygen atoms in total. The molecular formula is C15H13BrF6O. The van der Waals surface area contributed by atoms with Crippen molar-refractivity contribution in [1.29, 1.82) is 0 Å². The Hall–Kier alpha value is -1.28. The Balaban J connectivity index is 3.71. The summed E-state index contributed by atoms with van der Waals surface area (Å²) in [7, 11) is 0. The Bertz CT molecular complexity index is 587. The molecule has 1 aromatic carbocycles. The molecule has 8 heteroatoms. The number of hydrogen-bond acceptors (Lipinski definition) is 1. The van der Waals surface area contributed by atoms with Gasteiger partial charge >= 0.3 is 12.4 Å². The van der Waals surface area contributed by atoms with Crippen LogP contribution in [-0.2, 0) is 0 Å². The highest BCUT2D eigenvalue weighted by Crippen LogP contribution is 2.51. The topological polar surface area (TPSA) is 20.2 Å².